The smallest absolute Gasteiger partial charge is 0.408 e. The second-order valence-corrected chi connectivity index (χ2v) is 7.89. The average Bonchev–Trinajstić information content (AvgIpc) is 2.53. The number of nitrogens with zero attached hydrogens (tertiary/aromatic N) is 2. The second-order valence-electron chi connectivity index (χ2n) is 7.07. The van der Waals surface area contributed by atoms with E-state index in [9.17, 15) is 14.7 Å². The van der Waals surface area contributed by atoms with Crippen LogP contribution in [0.4, 0.5) is 4.79 Å². The van der Waals surface area contributed by atoms with Crippen LogP contribution in [0.1, 0.15) is 43.6 Å². The number of hydrogen-bond acceptors (Lipinski definition) is 3. The molecular weight excluding hydrogens is 375 g/mol. The number of aromatic nitrogens is 1. The largest absolute Gasteiger partial charge is 0.465 e. The molecule has 0 aliphatic carbocycles. The fourth-order valence-corrected chi connectivity index (χ4v) is 3.29. The van der Waals surface area contributed by atoms with Crippen molar-refractivity contribution < 1.29 is 14.7 Å². The molecule has 1 atom stereocenters. The summed E-state index contributed by atoms with van der Waals surface area (Å²) in [5.41, 5.74) is -1.57. The Morgan fingerprint density at radius 2 is 1.58 bits per heavy atom. The number of benzene rings is 1. The van der Waals surface area contributed by atoms with Gasteiger partial charge in [-0.15, -0.1) is 0 Å². The highest BCUT2D eigenvalue weighted by molar-refractivity contribution is 6.30. The lowest BCUT2D eigenvalue weighted by atomic mass is 9.81. The Morgan fingerprint density at radius 1 is 1.00 bits per heavy atom. The minimum absolute atomic E-state index is 0.257. The topological polar surface area (TPSA) is 70.5 Å². The molecule has 2 aromatic rings. The summed E-state index contributed by atoms with van der Waals surface area (Å²) in [4.78, 5) is 30.7. The summed E-state index contributed by atoms with van der Waals surface area (Å²) in [6.45, 7) is 6.78. The number of amides is 1. The van der Waals surface area contributed by atoms with Gasteiger partial charge in [-0.2, -0.15) is 0 Å². The van der Waals surface area contributed by atoms with E-state index in [-0.39, 0.29) is 10.9 Å². The lowest BCUT2D eigenvalue weighted by molar-refractivity contribution is 0.0213. The minimum atomic E-state index is -1.50. The zero-order chi connectivity index (χ0) is 19.7. The van der Waals surface area contributed by atoms with E-state index in [1.807, 2.05) is 0 Å². The van der Waals surface area contributed by atoms with Crippen molar-refractivity contribution in [1.29, 1.82) is 0 Å². The van der Waals surface area contributed by atoms with Crippen LogP contribution in [0.25, 0.3) is 0 Å². The molecule has 0 fully saturated rings. The Hall–Kier alpha value is -2.11. The summed E-state index contributed by atoms with van der Waals surface area (Å²) in [7, 11) is 0. The van der Waals surface area contributed by atoms with Crippen LogP contribution in [-0.4, -0.2) is 32.4 Å². The molecule has 0 saturated heterocycles. The second kappa shape index (κ2) is 7.25. The fourth-order valence-electron chi connectivity index (χ4n) is 3.06. The summed E-state index contributed by atoms with van der Waals surface area (Å²) >= 11 is 11.8. The number of rotatable bonds is 4. The monoisotopic (exact) mass is 394 g/mol. The van der Waals surface area contributed by atoms with E-state index < -0.39 is 17.2 Å². The van der Waals surface area contributed by atoms with E-state index in [0.717, 1.165) is 4.90 Å². The molecule has 1 amide bonds. The van der Waals surface area contributed by atoms with E-state index >= 15 is 0 Å². The SMILES string of the molecule is CC(C)(C)N(C(=O)O)C(C)(C(=O)c1ccc(Cl)cc1)c1ccc(Cl)nc1. The zero-order valence-electron chi connectivity index (χ0n) is 15.0. The first-order chi connectivity index (χ1) is 12.0. The molecule has 0 bridgehead atoms. The molecular formula is C19H20Cl2N2O3. The molecule has 0 aliphatic heterocycles. The maximum absolute atomic E-state index is 13.4. The standard InChI is InChI=1S/C19H20Cl2N2O3/c1-18(2,3)23(17(25)26)19(4,13-7-10-15(21)22-11-13)16(24)12-5-8-14(20)9-6-12/h5-11H,1-4H3,(H,25,26). The van der Waals surface area contributed by atoms with Gasteiger partial charge in [-0.05, 0) is 58.0 Å². The van der Waals surface area contributed by atoms with Gasteiger partial charge in [-0.25, -0.2) is 9.78 Å². The molecule has 0 aliphatic rings. The van der Waals surface area contributed by atoms with Crippen molar-refractivity contribution in [2.75, 3.05) is 0 Å². The predicted molar refractivity (Wildman–Crippen MR) is 102 cm³/mol. The summed E-state index contributed by atoms with van der Waals surface area (Å²) in [6, 6.07) is 9.50. The van der Waals surface area contributed by atoms with Crippen molar-refractivity contribution in [3.05, 3.63) is 63.9 Å². The molecule has 1 heterocycles. The van der Waals surface area contributed by atoms with Crippen LogP contribution in [-0.2, 0) is 5.54 Å². The van der Waals surface area contributed by atoms with Gasteiger partial charge >= 0.3 is 6.09 Å². The molecule has 5 nitrogen and oxygen atoms in total. The minimum Gasteiger partial charge on any atom is -0.465 e. The Morgan fingerprint density at radius 3 is 2.00 bits per heavy atom. The highest BCUT2D eigenvalue weighted by atomic mass is 35.5. The van der Waals surface area contributed by atoms with Gasteiger partial charge in [0.15, 0.2) is 5.78 Å². The van der Waals surface area contributed by atoms with E-state index in [2.05, 4.69) is 4.98 Å². The number of halogens is 2. The van der Waals surface area contributed by atoms with E-state index in [4.69, 9.17) is 23.2 Å². The van der Waals surface area contributed by atoms with Gasteiger partial charge in [0.05, 0.1) is 0 Å². The molecule has 7 heteroatoms. The summed E-state index contributed by atoms with van der Waals surface area (Å²) in [5.74, 6) is -0.379. The zero-order valence-corrected chi connectivity index (χ0v) is 16.5. The molecule has 138 valence electrons. The van der Waals surface area contributed by atoms with Crippen molar-refractivity contribution in [3.8, 4) is 0 Å². The van der Waals surface area contributed by atoms with Crippen LogP contribution in [0.2, 0.25) is 10.2 Å². The number of pyridine rings is 1. The molecule has 1 unspecified atom stereocenters. The summed E-state index contributed by atoms with van der Waals surface area (Å²) < 4.78 is 0. The Labute approximate surface area is 162 Å². The van der Waals surface area contributed by atoms with Gasteiger partial charge in [0.25, 0.3) is 0 Å². The lowest BCUT2D eigenvalue weighted by Crippen LogP contribution is -2.59. The lowest BCUT2D eigenvalue weighted by Gasteiger charge is -2.46. The molecule has 1 aromatic carbocycles. The van der Waals surface area contributed by atoms with Gasteiger partial charge in [-0.3, -0.25) is 9.69 Å². The van der Waals surface area contributed by atoms with Crippen molar-refractivity contribution in [1.82, 2.24) is 9.88 Å². The normalized spacial score (nSPS) is 13.8. The molecule has 0 spiro atoms. The molecule has 1 aromatic heterocycles. The Kier molecular flexibility index (Phi) is 5.64. The average molecular weight is 395 g/mol. The van der Waals surface area contributed by atoms with Crippen LogP contribution < -0.4 is 0 Å². The van der Waals surface area contributed by atoms with E-state index in [1.54, 1.807) is 58.0 Å². The third-order valence-electron chi connectivity index (χ3n) is 4.15. The third-order valence-corrected chi connectivity index (χ3v) is 4.62. The molecule has 0 radical (unpaired) electrons. The first kappa shape index (κ1) is 20.2. The van der Waals surface area contributed by atoms with Gasteiger partial charge in [0.1, 0.15) is 10.7 Å². The predicted octanol–water partition coefficient (Wildman–Crippen LogP) is 5.27. The van der Waals surface area contributed by atoms with Crippen LogP contribution in [0.5, 0.6) is 0 Å². The summed E-state index contributed by atoms with van der Waals surface area (Å²) in [5, 5.41) is 10.7. The molecule has 2 rings (SSSR count). The molecule has 1 N–H and O–H groups in total. The number of carboxylic acid groups (broad SMARTS) is 1. The van der Waals surface area contributed by atoms with E-state index in [1.165, 1.54) is 12.3 Å². The molecule has 26 heavy (non-hydrogen) atoms. The number of hydrogen-bond donors (Lipinski definition) is 1. The fraction of sp³-hybridized carbons (Fsp3) is 0.316. The number of Topliss-reactive ketones (excluding diaryl/α,β-unsaturated/α-hetero) is 1. The van der Waals surface area contributed by atoms with Crippen LogP contribution in [0, 0.1) is 0 Å². The van der Waals surface area contributed by atoms with Gasteiger partial charge < -0.3 is 5.11 Å². The highest BCUT2D eigenvalue weighted by Gasteiger charge is 2.49. The van der Waals surface area contributed by atoms with Crippen molar-refractivity contribution >= 4 is 35.1 Å². The first-order valence-corrected chi connectivity index (χ1v) is 8.69. The number of ketones is 1. The Bertz CT molecular complexity index is 814. The van der Waals surface area contributed by atoms with E-state index in [0.29, 0.717) is 16.1 Å². The number of carbonyl (C=O) groups is 2. The number of carbonyl (C=O) groups excluding carboxylic acids is 1. The van der Waals surface area contributed by atoms with Crippen molar-refractivity contribution in [2.45, 2.75) is 38.8 Å². The van der Waals surface area contributed by atoms with Crippen LogP contribution >= 0.6 is 23.2 Å². The quantitative estimate of drug-likeness (QED) is 0.566. The van der Waals surface area contributed by atoms with Crippen molar-refractivity contribution in [3.63, 3.8) is 0 Å². The van der Waals surface area contributed by atoms with Gasteiger partial charge in [0.2, 0.25) is 0 Å². The highest BCUT2D eigenvalue weighted by Crippen LogP contribution is 2.37. The van der Waals surface area contributed by atoms with Crippen LogP contribution in [0.15, 0.2) is 42.6 Å². The van der Waals surface area contributed by atoms with Gasteiger partial charge in [0, 0.05) is 27.9 Å². The Balaban J connectivity index is 2.72. The summed E-state index contributed by atoms with van der Waals surface area (Å²) in [6.07, 6.45) is 0.218. The maximum atomic E-state index is 13.4. The van der Waals surface area contributed by atoms with Gasteiger partial charge in [-0.1, -0.05) is 29.3 Å². The van der Waals surface area contributed by atoms with Crippen molar-refractivity contribution in [2.24, 2.45) is 0 Å². The first-order valence-electron chi connectivity index (χ1n) is 7.93. The molecule has 0 saturated carbocycles. The maximum Gasteiger partial charge on any atom is 0.408 e. The van der Waals surface area contributed by atoms with Crippen LogP contribution in [0.3, 0.4) is 0 Å². The third kappa shape index (κ3) is 3.84.